The molecule has 1 saturated heterocycles. The zero-order valence-electron chi connectivity index (χ0n) is 17.5. The Morgan fingerprint density at radius 2 is 1.77 bits per heavy atom. The fourth-order valence-corrected chi connectivity index (χ4v) is 3.75. The highest BCUT2D eigenvalue weighted by Crippen LogP contribution is 2.24. The molecule has 0 radical (unpaired) electrons. The predicted molar refractivity (Wildman–Crippen MR) is 119 cm³/mol. The number of imide groups is 1. The zero-order valence-corrected chi connectivity index (χ0v) is 18.2. The van der Waals surface area contributed by atoms with Crippen molar-refractivity contribution < 1.29 is 19.6 Å². The van der Waals surface area contributed by atoms with Crippen molar-refractivity contribution >= 4 is 29.1 Å². The molecule has 0 aliphatic carbocycles. The molecule has 0 saturated carbocycles. The van der Waals surface area contributed by atoms with E-state index in [9.17, 15) is 9.59 Å². The Hall–Kier alpha value is -2.37. The lowest BCUT2D eigenvalue weighted by Crippen LogP contribution is -2.92. The SMILES string of the molecule is CCCCCCOc1ccc(N2C(=O)C[C@@H]([NH2+]CCc3ccc(Cl)cc3)C2=O)cc1. The van der Waals surface area contributed by atoms with Crippen LogP contribution in [0.3, 0.4) is 0 Å². The van der Waals surface area contributed by atoms with Gasteiger partial charge in [-0.1, -0.05) is 49.9 Å². The molecule has 3 rings (SSSR count). The van der Waals surface area contributed by atoms with Crippen LogP contribution in [0.1, 0.15) is 44.6 Å². The topological polar surface area (TPSA) is 63.2 Å². The summed E-state index contributed by atoms with van der Waals surface area (Å²) in [5.41, 5.74) is 1.77. The first-order valence-corrected chi connectivity index (χ1v) is 11.1. The number of halogens is 1. The Kier molecular flexibility index (Phi) is 8.29. The number of nitrogens with zero attached hydrogens (tertiary/aromatic N) is 1. The van der Waals surface area contributed by atoms with Crippen molar-refractivity contribution in [2.75, 3.05) is 18.1 Å². The van der Waals surface area contributed by atoms with Gasteiger partial charge in [-0.2, -0.15) is 0 Å². The summed E-state index contributed by atoms with van der Waals surface area (Å²) in [7, 11) is 0. The minimum absolute atomic E-state index is 0.149. The fourth-order valence-electron chi connectivity index (χ4n) is 3.62. The van der Waals surface area contributed by atoms with Crippen LogP contribution in [0.25, 0.3) is 0 Å². The van der Waals surface area contributed by atoms with E-state index in [4.69, 9.17) is 16.3 Å². The predicted octanol–water partition coefficient (Wildman–Crippen LogP) is 3.74. The minimum atomic E-state index is -0.362. The second-order valence-corrected chi connectivity index (χ2v) is 8.12. The molecule has 2 aromatic carbocycles. The fraction of sp³-hybridized carbons (Fsp3) is 0.417. The van der Waals surface area contributed by atoms with Crippen LogP contribution < -0.4 is 15.0 Å². The van der Waals surface area contributed by atoms with Crippen LogP contribution in [0.15, 0.2) is 48.5 Å². The van der Waals surface area contributed by atoms with Gasteiger partial charge in [0, 0.05) is 11.4 Å². The summed E-state index contributed by atoms with van der Waals surface area (Å²) < 4.78 is 5.74. The summed E-state index contributed by atoms with van der Waals surface area (Å²) in [5, 5.41) is 2.67. The highest BCUT2D eigenvalue weighted by molar-refractivity contribution is 6.30. The number of unbranched alkanes of at least 4 members (excludes halogenated alkanes) is 3. The van der Waals surface area contributed by atoms with Gasteiger partial charge in [-0.3, -0.25) is 9.59 Å². The largest absolute Gasteiger partial charge is 0.494 e. The molecular weight excluding hydrogens is 400 g/mol. The lowest BCUT2D eigenvalue weighted by atomic mass is 10.1. The van der Waals surface area contributed by atoms with Crippen LogP contribution in [0.5, 0.6) is 5.75 Å². The molecule has 2 aromatic rings. The highest BCUT2D eigenvalue weighted by atomic mass is 35.5. The summed E-state index contributed by atoms with van der Waals surface area (Å²) in [6.45, 7) is 3.61. The van der Waals surface area contributed by atoms with E-state index in [-0.39, 0.29) is 24.3 Å². The summed E-state index contributed by atoms with van der Waals surface area (Å²) >= 11 is 5.91. The number of amides is 2. The molecule has 1 atom stereocenters. The number of hydrogen-bond acceptors (Lipinski definition) is 3. The number of anilines is 1. The Labute approximate surface area is 183 Å². The molecule has 1 heterocycles. The first kappa shape index (κ1) is 22.3. The van der Waals surface area contributed by atoms with E-state index in [2.05, 4.69) is 6.92 Å². The molecule has 0 bridgehead atoms. The Morgan fingerprint density at radius 1 is 1.03 bits per heavy atom. The van der Waals surface area contributed by atoms with Gasteiger partial charge in [0.25, 0.3) is 5.91 Å². The van der Waals surface area contributed by atoms with Gasteiger partial charge in [0.1, 0.15) is 5.75 Å². The van der Waals surface area contributed by atoms with Crippen LogP contribution in [0.4, 0.5) is 5.69 Å². The molecule has 2 N–H and O–H groups in total. The van der Waals surface area contributed by atoms with E-state index >= 15 is 0 Å². The number of carbonyl (C=O) groups excluding carboxylic acids is 2. The second kappa shape index (κ2) is 11.1. The van der Waals surface area contributed by atoms with Gasteiger partial charge in [-0.15, -0.1) is 0 Å². The Balaban J connectivity index is 1.49. The van der Waals surface area contributed by atoms with Crippen LogP contribution in [-0.2, 0) is 16.0 Å². The summed E-state index contributed by atoms with van der Waals surface area (Å²) in [6, 6.07) is 14.6. The van der Waals surface area contributed by atoms with Gasteiger partial charge >= 0.3 is 0 Å². The summed E-state index contributed by atoms with van der Waals surface area (Å²) in [5.74, 6) is 0.464. The average molecular weight is 430 g/mol. The molecule has 1 aliphatic heterocycles. The van der Waals surface area contributed by atoms with Gasteiger partial charge in [-0.25, -0.2) is 4.90 Å². The van der Waals surface area contributed by atoms with E-state index in [1.807, 2.05) is 41.7 Å². The molecule has 6 heteroatoms. The monoisotopic (exact) mass is 429 g/mol. The van der Waals surface area contributed by atoms with E-state index in [1.165, 1.54) is 24.2 Å². The smallest absolute Gasteiger partial charge is 0.292 e. The average Bonchev–Trinajstić information content (AvgIpc) is 3.03. The molecule has 5 nitrogen and oxygen atoms in total. The third-order valence-corrected chi connectivity index (χ3v) is 5.59. The normalized spacial score (nSPS) is 16.3. The van der Waals surface area contributed by atoms with Gasteiger partial charge in [0.05, 0.1) is 25.3 Å². The molecule has 30 heavy (non-hydrogen) atoms. The van der Waals surface area contributed by atoms with Crippen molar-refractivity contribution in [1.82, 2.24) is 0 Å². The first-order chi connectivity index (χ1) is 14.6. The molecule has 1 aliphatic rings. The first-order valence-electron chi connectivity index (χ1n) is 10.8. The molecule has 2 amide bonds. The molecular formula is C24H30ClN2O3+. The van der Waals surface area contributed by atoms with Crippen LogP contribution in [-0.4, -0.2) is 31.0 Å². The van der Waals surface area contributed by atoms with Gasteiger partial charge in [-0.05, 0) is 48.4 Å². The van der Waals surface area contributed by atoms with Crippen LogP contribution in [0.2, 0.25) is 5.02 Å². The minimum Gasteiger partial charge on any atom is -0.494 e. The number of benzene rings is 2. The van der Waals surface area contributed by atoms with Gasteiger partial charge < -0.3 is 10.1 Å². The summed E-state index contributed by atoms with van der Waals surface area (Å²) in [6.07, 6.45) is 5.67. The number of rotatable bonds is 11. The van der Waals surface area contributed by atoms with Crippen molar-refractivity contribution in [1.29, 1.82) is 0 Å². The maximum absolute atomic E-state index is 12.8. The quantitative estimate of drug-likeness (QED) is 0.437. The third-order valence-electron chi connectivity index (χ3n) is 5.34. The lowest BCUT2D eigenvalue weighted by Gasteiger charge is -2.15. The van der Waals surface area contributed by atoms with Crippen molar-refractivity contribution in [3.8, 4) is 5.75 Å². The number of quaternary nitrogens is 1. The van der Waals surface area contributed by atoms with Crippen LogP contribution >= 0.6 is 11.6 Å². The van der Waals surface area contributed by atoms with E-state index in [0.29, 0.717) is 17.3 Å². The summed E-state index contributed by atoms with van der Waals surface area (Å²) in [4.78, 5) is 26.5. The maximum atomic E-state index is 12.8. The number of hydrogen-bond donors (Lipinski definition) is 1. The molecule has 160 valence electrons. The highest BCUT2D eigenvalue weighted by Gasteiger charge is 2.42. The Bertz CT molecular complexity index is 837. The van der Waals surface area contributed by atoms with Crippen molar-refractivity contribution in [3.63, 3.8) is 0 Å². The molecule has 0 spiro atoms. The Morgan fingerprint density at radius 3 is 2.47 bits per heavy atom. The second-order valence-electron chi connectivity index (χ2n) is 7.68. The number of ether oxygens (including phenoxy) is 1. The molecule has 0 unspecified atom stereocenters. The third kappa shape index (κ3) is 6.07. The van der Waals surface area contributed by atoms with Gasteiger partial charge in [0.15, 0.2) is 6.04 Å². The standard InChI is InChI=1S/C24H29ClN2O3/c1-2-3-4-5-16-30-21-12-10-20(11-13-21)27-23(28)17-22(24(27)29)26-15-14-18-6-8-19(25)9-7-18/h6-13,22,26H,2-5,14-17H2,1H3/p+1/t22-/m1/s1. The number of nitrogens with two attached hydrogens (primary N) is 1. The molecule has 0 aromatic heterocycles. The van der Waals surface area contributed by atoms with E-state index in [1.54, 1.807) is 12.1 Å². The van der Waals surface area contributed by atoms with Crippen molar-refractivity contribution in [3.05, 3.63) is 59.1 Å². The number of carbonyl (C=O) groups is 2. The molecule has 1 fully saturated rings. The van der Waals surface area contributed by atoms with E-state index in [0.717, 1.165) is 30.7 Å². The van der Waals surface area contributed by atoms with Gasteiger partial charge in [0.2, 0.25) is 5.91 Å². The zero-order chi connectivity index (χ0) is 21.3. The lowest BCUT2D eigenvalue weighted by molar-refractivity contribution is -0.674. The van der Waals surface area contributed by atoms with Crippen molar-refractivity contribution in [2.45, 2.75) is 51.5 Å². The van der Waals surface area contributed by atoms with E-state index < -0.39 is 0 Å². The maximum Gasteiger partial charge on any atom is 0.292 e. The van der Waals surface area contributed by atoms with Crippen molar-refractivity contribution in [2.24, 2.45) is 0 Å². The van der Waals surface area contributed by atoms with Crippen LogP contribution in [0, 0.1) is 0 Å².